The van der Waals surface area contributed by atoms with Crippen LogP contribution < -0.4 is 0 Å². The molecule has 0 saturated heterocycles. The van der Waals surface area contributed by atoms with E-state index < -0.39 is 0 Å². The molecular formula is C12H17Br2NS. The Morgan fingerprint density at radius 3 is 2.50 bits per heavy atom. The Balaban J connectivity index is 2.13. The molecule has 0 bridgehead atoms. The molecule has 1 heterocycles. The van der Waals surface area contributed by atoms with Crippen molar-refractivity contribution in [3.8, 4) is 0 Å². The lowest BCUT2D eigenvalue weighted by molar-refractivity contribution is 0.231. The molecule has 90 valence electrons. The van der Waals surface area contributed by atoms with Crippen LogP contribution in [-0.2, 0) is 6.42 Å². The van der Waals surface area contributed by atoms with E-state index in [4.69, 9.17) is 0 Å². The van der Waals surface area contributed by atoms with Gasteiger partial charge in [-0.2, -0.15) is 0 Å². The number of thiazole rings is 1. The van der Waals surface area contributed by atoms with Crippen molar-refractivity contribution in [2.24, 2.45) is 11.3 Å². The van der Waals surface area contributed by atoms with Crippen LogP contribution in [0.5, 0.6) is 0 Å². The zero-order valence-corrected chi connectivity index (χ0v) is 13.3. The Bertz CT molecular complexity index is 303. The van der Waals surface area contributed by atoms with Gasteiger partial charge in [0.2, 0.25) is 0 Å². The molecule has 4 heteroatoms. The lowest BCUT2D eigenvalue weighted by Gasteiger charge is -2.36. The molecule has 0 aromatic carbocycles. The van der Waals surface area contributed by atoms with E-state index in [1.807, 2.05) is 5.51 Å². The maximum Gasteiger partial charge on any atom is 0.0794 e. The summed E-state index contributed by atoms with van der Waals surface area (Å²) >= 11 is 9.17. The van der Waals surface area contributed by atoms with Gasteiger partial charge in [-0.3, -0.25) is 0 Å². The second-order valence-electron chi connectivity index (χ2n) is 4.77. The largest absolute Gasteiger partial charge is 0.250 e. The highest BCUT2D eigenvalue weighted by Gasteiger charge is 2.38. The molecular weight excluding hydrogens is 350 g/mol. The number of halogens is 2. The van der Waals surface area contributed by atoms with Gasteiger partial charge in [-0.1, -0.05) is 44.7 Å². The summed E-state index contributed by atoms with van der Waals surface area (Å²) in [6.07, 6.45) is 6.70. The second-order valence-corrected chi connectivity index (χ2v) is 6.61. The van der Waals surface area contributed by atoms with Crippen molar-refractivity contribution in [2.45, 2.75) is 32.1 Å². The summed E-state index contributed by atoms with van der Waals surface area (Å²) in [7, 11) is 0. The molecule has 16 heavy (non-hydrogen) atoms. The van der Waals surface area contributed by atoms with Crippen LogP contribution in [0.3, 0.4) is 0 Å². The number of aromatic nitrogens is 1. The summed E-state index contributed by atoms with van der Waals surface area (Å²) in [5, 5.41) is 4.34. The van der Waals surface area contributed by atoms with E-state index in [-0.39, 0.29) is 0 Å². The molecule has 1 saturated carbocycles. The fourth-order valence-electron chi connectivity index (χ4n) is 2.72. The smallest absolute Gasteiger partial charge is 0.0794 e. The number of alkyl halides is 2. The van der Waals surface area contributed by atoms with Crippen LogP contribution in [0.4, 0.5) is 0 Å². The SMILES string of the molecule is BrCC(CBr)(Cc1cscn1)C1CCCC1. The lowest BCUT2D eigenvalue weighted by atomic mass is 9.74. The van der Waals surface area contributed by atoms with Crippen molar-refractivity contribution in [1.29, 1.82) is 0 Å². The normalized spacial score (nSPS) is 18.1. The Morgan fingerprint density at radius 2 is 2.00 bits per heavy atom. The maximum atomic E-state index is 4.45. The molecule has 1 aliphatic rings. The third kappa shape index (κ3) is 2.70. The van der Waals surface area contributed by atoms with Gasteiger partial charge in [0.05, 0.1) is 11.2 Å². The van der Waals surface area contributed by atoms with E-state index in [0.29, 0.717) is 5.41 Å². The highest BCUT2D eigenvalue weighted by atomic mass is 79.9. The molecule has 0 radical (unpaired) electrons. The summed E-state index contributed by atoms with van der Waals surface area (Å²) < 4.78 is 0. The summed E-state index contributed by atoms with van der Waals surface area (Å²) in [4.78, 5) is 4.45. The van der Waals surface area contributed by atoms with Crippen LogP contribution in [0, 0.1) is 11.3 Å². The van der Waals surface area contributed by atoms with Crippen LogP contribution in [-0.4, -0.2) is 15.6 Å². The minimum atomic E-state index is 0.366. The molecule has 0 unspecified atom stereocenters. The monoisotopic (exact) mass is 365 g/mol. The average molecular weight is 367 g/mol. The second kappa shape index (κ2) is 5.96. The molecule has 0 aliphatic heterocycles. The number of hydrogen-bond acceptors (Lipinski definition) is 2. The predicted octanol–water partition coefficient (Wildman–Crippen LogP) is 4.65. The van der Waals surface area contributed by atoms with E-state index in [9.17, 15) is 0 Å². The first-order valence-corrected chi connectivity index (χ1v) is 8.98. The van der Waals surface area contributed by atoms with Gasteiger partial charge in [0.15, 0.2) is 0 Å². The predicted molar refractivity (Wildman–Crippen MR) is 77.8 cm³/mol. The fraction of sp³-hybridized carbons (Fsp3) is 0.750. The molecule has 2 rings (SSSR count). The summed E-state index contributed by atoms with van der Waals surface area (Å²) in [5.74, 6) is 0.855. The van der Waals surface area contributed by atoms with E-state index in [1.165, 1.54) is 31.4 Å². The molecule has 1 aliphatic carbocycles. The molecule has 0 amide bonds. The topological polar surface area (TPSA) is 12.9 Å². The van der Waals surface area contributed by atoms with Gasteiger partial charge in [0.1, 0.15) is 0 Å². The first-order chi connectivity index (χ1) is 7.80. The Hall–Kier alpha value is 0.590. The molecule has 0 atom stereocenters. The number of rotatable bonds is 5. The highest BCUT2D eigenvalue weighted by Crippen LogP contribution is 2.44. The number of hydrogen-bond donors (Lipinski definition) is 0. The van der Waals surface area contributed by atoms with E-state index >= 15 is 0 Å². The van der Waals surface area contributed by atoms with Crippen molar-refractivity contribution >= 4 is 43.2 Å². The standard InChI is InChI=1S/C12H17Br2NS/c13-7-12(8-14,10-3-1-2-4-10)5-11-6-16-9-15-11/h6,9-10H,1-5,7-8H2. The van der Waals surface area contributed by atoms with Crippen LogP contribution in [0.15, 0.2) is 10.9 Å². The van der Waals surface area contributed by atoms with Crippen molar-refractivity contribution < 1.29 is 0 Å². The summed E-state index contributed by atoms with van der Waals surface area (Å²) in [6.45, 7) is 0. The zero-order valence-electron chi connectivity index (χ0n) is 9.29. The lowest BCUT2D eigenvalue weighted by Crippen LogP contribution is -2.35. The van der Waals surface area contributed by atoms with Crippen LogP contribution in [0.2, 0.25) is 0 Å². The number of nitrogens with zero attached hydrogens (tertiary/aromatic N) is 1. The zero-order chi connectivity index (χ0) is 11.4. The van der Waals surface area contributed by atoms with Crippen molar-refractivity contribution in [3.63, 3.8) is 0 Å². The van der Waals surface area contributed by atoms with Gasteiger partial charge >= 0.3 is 0 Å². The van der Waals surface area contributed by atoms with Crippen molar-refractivity contribution in [2.75, 3.05) is 10.7 Å². The highest BCUT2D eigenvalue weighted by molar-refractivity contribution is 9.09. The van der Waals surface area contributed by atoms with E-state index in [1.54, 1.807) is 11.3 Å². The van der Waals surface area contributed by atoms with Crippen molar-refractivity contribution in [1.82, 2.24) is 4.98 Å². The third-order valence-electron chi connectivity index (χ3n) is 3.77. The van der Waals surface area contributed by atoms with Crippen LogP contribution in [0.25, 0.3) is 0 Å². The van der Waals surface area contributed by atoms with Crippen LogP contribution in [0.1, 0.15) is 31.4 Å². The fourth-order valence-corrected chi connectivity index (χ4v) is 5.52. The van der Waals surface area contributed by atoms with Gasteiger partial charge in [-0.25, -0.2) is 4.98 Å². The molecule has 1 fully saturated rings. The minimum absolute atomic E-state index is 0.366. The van der Waals surface area contributed by atoms with E-state index in [0.717, 1.165) is 23.0 Å². The molecule has 0 spiro atoms. The van der Waals surface area contributed by atoms with Crippen molar-refractivity contribution in [3.05, 3.63) is 16.6 Å². The van der Waals surface area contributed by atoms with Gasteiger partial charge < -0.3 is 0 Å². The van der Waals surface area contributed by atoms with E-state index in [2.05, 4.69) is 42.2 Å². The first kappa shape index (κ1) is 13.0. The third-order valence-corrected chi connectivity index (χ3v) is 6.64. The average Bonchev–Trinajstić information content (AvgIpc) is 2.99. The first-order valence-electron chi connectivity index (χ1n) is 5.80. The van der Waals surface area contributed by atoms with Gasteiger partial charge in [-0.05, 0) is 30.6 Å². The molecule has 1 nitrogen and oxygen atoms in total. The maximum absolute atomic E-state index is 4.45. The summed E-state index contributed by atoms with van der Waals surface area (Å²) in [5.41, 5.74) is 3.57. The quantitative estimate of drug-likeness (QED) is 0.691. The molecule has 1 aromatic heterocycles. The Labute approximate surface area is 118 Å². The molecule has 0 N–H and O–H groups in total. The molecule has 1 aromatic rings. The van der Waals surface area contributed by atoms with Gasteiger partial charge in [0, 0.05) is 16.0 Å². The van der Waals surface area contributed by atoms with Gasteiger partial charge in [-0.15, -0.1) is 11.3 Å². The Morgan fingerprint density at radius 1 is 1.31 bits per heavy atom. The van der Waals surface area contributed by atoms with Gasteiger partial charge in [0.25, 0.3) is 0 Å². The summed E-state index contributed by atoms with van der Waals surface area (Å²) in [6, 6.07) is 0. The van der Waals surface area contributed by atoms with Crippen LogP contribution >= 0.6 is 43.2 Å². The minimum Gasteiger partial charge on any atom is -0.250 e. The Kier molecular flexibility index (Phi) is 4.86.